The molecule has 0 amide bonds. The summed E-state index contributed by atoms with van der Waals surface area (Å²) in [5, 5.41) is 2.10. The number of para-hydroxylation sites is 1. The first-order chi connectivity index (χ1) is 8.81. The highest BCUT2D eigenvalue weighted by Crippen LogP contribution is 2.36. The molecule has 0 aliphatic carbocycles. The molecule has 94 valence electrons. The van der Waals surface area contributed by atoms with Gasteiger partial charge >= 0.3 is 0 Å². The van der Waals surface area contributed by atoms with Crippen molar-refractivity contribution in [3.8, 4) is 5.75 Å². The maximum absolute atomic E-state index is 6.01. The van der Waals surface area contributed by atoms with E-state index in [1.54, 1.807) is 11.3 Å². The molecule has 1 aliphatic rings. The maximum Gasteiger partial charge on any atom is 0.122 e. The van der Waals surface area contributed by atoms with E-state index in [1.807, 2.05) is 17.6 Å². The molecule has 1 unspecified atom stereocenters. The fourth-order valence-corrected chi connectivity index (χ4v) is 3.06. The summed E-state index contributed by atoms with van der Waals surface area (Å²) in [4.78, 5) is 4.37. The lowest BCUT2D eigenvalue weighted by molar-refractivity contribution is 0.125. The van der Waals surface area contributed by atoms with E-state index >= 15 is 0 Å². The number of nitrogens with two attached hydrogens (primary N) is 1. The molecule has 0 bridgehead atoms. The third-order valence-corrected chi connectivity index (χ3v) is 4.18. The predicted octanol–water partition coefficient (Wildman–Crippen LogP) is 2.27. The van der Waals surface area contributed by atoms with Crippen LogP contribution < -0.4 is 10.5 Å². The molecule has 1 aliphatic heterocycles. The Morgan fingerprint density at radius 3 is 3.06 bits per heavy atom. The quantitative estimate of drug-likeness (QED) is 0.921. The van der Waals surface area contributed by atoms with Gasteiger partial charge in [0, 0.05) is 23.8 Å². The van der Waals surface area contributed by atoms with Crippen LogP contribution in [0.25, 0.3) is 0 Å². The molecule has 0 spiro atoms. The fourth-order valence-electron chi connectivity index (χ4n) is 2.50. The molecule has 3 nitrogen and oxygen atoms in total. The Balaban J connectivity index is 1.86. The predicted molar refractivity (Wildman–Crippen MR) is 72.9 cm³/mol. The fraction of sp³-hybridized carbons (Fsp3) is 0.357. The van der Waals surface area contributed by atoms with Crippen molar-refractivity contribution in [3.63, 3.8) is 0 Å². The monoisotopic (exact) mass is 260 g/mol. The van der Waals surface area contributed by atoms with Crippen molar-refractivity contribution in [1.29, 1.82) is 0 Å². The Bertz CT molecular complexity index is 526. The second kappa shape index (κ2) is 4.71. The van der Waals surface area contributed by atoms with Gasteiger partial charge in [0.1, 0.15) is 5.75 Å². The summed E-state index contributed by atoms with van der Waals surface area (Å²) in [5.41, 5.74) is 10.2. The first-order valence-electron chi connectivity index (χ1n) is 6.09. The van der Waals surface area contributed by atoms with E-state index < -0.39 is 0 Å². The molecule has 1 aromatic carbocycles. The summed E-state index contributed by atoms with van der Waals surface area (Å²) in [6.07, 6.45) is 1.86. The largest absolute Gasteiger partial charge is 0.493 e. The molecule has 1 aromatic heterocycles. The van der Waals surface area contributed by atoms with Crippen LogP contribution in [-0.4, -0.2) is 18.1 Å². The minimum absolute atomic E-state index is 0.0115. The van der Waals surface area contributed by atoms with Crippen molar-refractivity contribution in [2.24, 2.45) is 11.1 Å². The summed E-state index contributed by atoms with van der Waals surface area (Å²) in [5.74, 6) is 1.000. The van der Waals surface area contributed by atoms with Crippen molar-refractivity contribution >= 4 is 11.3 Å². The zero-order valence-electron chi connectivity index (χ0n) is 10.1. The maximum atomic E-state index is 6.01. The Labute approximate surface area is 111 Å². The van der Waals surface area contributed by atoms with Gasteiger partial charge in [-0.25, -0.2) is 4.98 Å². The number of fused-ring (bicyclic) bond motifs is 1. The summed E-state index contributed by atoms with van der Waals surface area (Å²) in [6, 6.07) is 8.21. The lowest BCUT2D eigenvalue weighted by atomic mass is 9.77. The van der Waals surface area contributed by atoms with Gasteiger partial charge in [0.2, 0.25) is 0 Å². The highest BCUT2D eigenvalue weighted by Gasteiger charge is 2.35. The summed E-state index contributed by atoms with van der Waals surface area (Å²) in [6.45, 7) is 1.30. The number of rotatable bonds is 3. The van der Waals surface area contributed by atoms with E-state index in [4.69, 9.17) is 10.5 Å². The normalized spacial score (nSPS) is 22.3. The second-order valence-electron chi connectivity index (χ2n) is 4.93. The minimum Gasteiger partial charge on any atom is -0.493 e. The van der Waals surface area contributed by atoms with Crippen LogP contribution in [0.4, 0.5) is 0 Å². The molecular formula is C14H16N2OS. The van der Waals surface area contributed by atoms with Crippen molar-refractivity contribution in [2.75, 3.05) is 13.2 Å². The van der Waals surface area contributed by atoms with Crippen LogP contribution in [0.2, 0.25) is 0 Å². The SMILES string of the molecule is NCC1(Cc2cscn2)COc2ccccc2C1. The summed E-state index contributed by atoms with van der Waals surface area (Å²) >= 11 is 1.63. The Hall–Kier alpha value is -1.39. The van der Waals surface area contributed by atoms with Crippen molar-refractivity contribution in [3.05, 3.63) is 46.4 Å². The summed E-state index contributed by atoms with van der Waals surface area (Å²) in [7, 11) is 0. The average molecular weight is 260 g/mol. The third-order valence-electron chi connectivity index (χ3n) is 3.54. The van der Waals surface area contributed by atoms with Crippen LogP contribution in [0.5, 0.6) is 5.75 Å². The highest BCUT2D eigenvalue weighted by molar-refractivity contribution is 7.07. The molecule has 1 atom stereocenters. The van der Waals surface area contributed by atoms with Crippen LogP contribution in [0.3, 0.4) is 0 Å². The lowest BCUT2D eigenvalue weighted by Gasteiger charge is -2.36. The van der Waals surface area contributed by atoms with E-state index in [0.717, 1.165) is 24.3 Å². The summed E-state index contributed by atoms with van der Waals surface area (Å²) < 4.78 is 5.87. The molecule has 0 saturated heterocycles. The van der Waals surface area contributed by atoms with Crippen LogP contribution in [0.15, 0.2) is 35.2 Å². The molecule has 0 saturated carbocycles. The molecule has 2 N–H and O–H groups in total. The number of aromatic nitrogens is 1. The zero-order valence-corrected chi connectivity index (χ0v) is 11.0. The first-order valence-corrected chi connectivity index (χ1v) is 7.03. The number of hydrogen-bond acceptors (Lipinski definition) is 4. The van der Waals surface area contributed by atoms with Gasteiger partial charge in [0.25, 0.3) is 0 Å². The molecule has 0 radical (unpaired) electrons. The van der Waals surface area contributed by atoms with Gasteiger partial charge < -0.3 is 10.5 Å². The highest BCUT2D eigenvalue weighted by atomic mass is 32.1. The molecule has 0 fully saturated rings. The van der Waals surface area contributed by atoms with Crippen LogP contribution in [0, 0.1) is 5.41 Å². The van der Waals surface area contributed by atoms with Crippen LogP contribution >= 0.6 is 11.3 Å². The van der Waals surface area contributed by atoms with Crippen molar-refractivity contribution < 1.29 is 4.74 Å². The van der Waals surface area contributed by atoms with E-state index in [-0.39, 0.29) is 5.41 Å². The molecule has 4 heteroatoms. The molecule has 2 aromatic rings. The number of hydrogen-bond donors (Lipinski definition) is 1. The lowest BCUT2D eigenvalue weighted by Crippen LogP contribution is -2.43. The minimum atomic E-state index is -0.0115. The van der Waals surface area contributed by atoms with E-state index in [1.165, 1.54) is 5.56 Å². The zero-order chi connectivity index (χ0) is 12.4. The van der Waals surface area contributed by atoms with Gasteiger partial charge in [-0.15, -0.1) is 11.3 Å². The number of ether oxygens (including phenoxy) is 1. The smallest absolute Gasteiger partial charge is 0.122 e. The van der Waals surface area contributed by atoms with Gasteiger partial charge in [-0.1, -0.05) is 18.2 Å². The van der Waals surface area contributed by atoms with Crippen molar-refractivity contribution in [2.45, 2.75) is 12.8 Å². The van der Waals surface area contributed by atoms with Crippen LogP contribution in [-0.2, 0) is 12.8 Å². The molecule has 18 heavy (non-hydrogen) atoms. The van der Waals surface area contributed by atoms with Gasteiger partial charge in [-0.05, 0) is 18.1 Å². The standard InChI is InChI=1S/C14H16N2OS/c15-8-14(6-12-7-18-10-16-12)5-11-3-1-2-4-13(11)17-9-14/h1-4,7,10H,5-6,8-9,15H2. The average Bonchev–Trinajstić information content (AvgIpc) is 2.91. The first kappa shape index (κ1) is 11.7. The third kappa shape index (κ3) is 2.13. The topological polar surface area (TPSA) is 48.1 Å². The molecule has 2 heterocycles. The van der Waals surface area contributed by atoms with Gasteiger partial charge in [0.05, 0.1) is 17.8 Å². The molecular weight excluding hydrogens is 244 g/mol. The number of benzene rings is 1. The van der Waals surface area contributed by atoms with E-state index in [9.17, 15) is 0 Å². The molecule has 3 rings (SSSR count). The van der Waals surface area contributed by atoms with Crippen LogP contribution in [0.1, 0.15) is 11.3 Å². The number of thiazole rings is 1. The second-order valence-corrected chi connectivity index (χ2v) is 5.65. The van der Waals surface area contributed by atoms with Gasteiger partial charge in [-0.2, -0.15) is 0 Å². The number of nitrogens with zero attached hydrogens (tertiary/aromatic N) is 1. The van der Waals surface area contributed by atoms with Gasteiger partial charge in [0.15, 0.2) is 0 Å². The Morgan fingerprint density at radius 2 is 2.28 bits per heavy atom. The van der Waals surface area contributed by atoms with Gasteiger partial charge in [-0.3, -0.25) is 0 Å². The van der Waals surface area contributed by atoms with E-state index in [2.05, 4.69) is 22.5 Å². The van der Waals surface area contributed by atoms with Crippen molar-refractivity contribution in [1.82, 2.24) is 4.98 Å². The van der Waals surface area contributed by atoms with E-state index in [0.29, 0.717) is 13.2 Å². The Kier molecular flexibility index (Phi) is 3.06. The Morgan fingerprint density at radius 1 is 1.39 bits per heavy atom.